The lowest BCUT2D eigenvalue weighted by molar-refractivity contribution is -0.122. The molecule has 176 valence electrons. The molecule has 0 aliphatic carbocycles. The summed E-state index contributed by atoms with van der Waals surface area (Å²) < 4.78 is 13.1. The molecule has 1 aliphatic rings. The number of fused-ring (bicyclic) bond motifs is 2. The first kappa shape index (κ1) is 23.1. The van der Waals surface area contributed by atoms with Crippen LogP contribution in [0.2, 0.25) is 0 Å². The average molecular weight is 451 g/mol. The molecular formula is C26H34N4O3. The maximum atomic E-state index is 13.1. The SMILES string of the molecule is CCN(CC)CCCC(C)NC(=O)CC(c1ccc2c(c1)OCO2)c1cnc2ccccn12. The molecule has 3 heterocycles. The van der Waals surface area contributed by atoms with Crippen molar-refractivity contribution >= 4 is 11.6 Å². The minimum absolute atomic E-state index is 0.0406. The number of aromatic nitrogens is 2. The fourth-order valence-corrected chi connectivity index (χ4v) is 4.49. The van der Waals surface area contributed by atoms with Crippen molar-refractivity contribution in [2.45, 2.75) is 52.0 Å². The van der Waals surface area contributed by atoms with Gasteiger partial charge in [-0.25, -0.2) is 4.98 Å². The number of amides is 1. The topological polar surface area (TPSA) is 68.1 Å². The van der Waals surface area contributed by atoms with Gasteiger partial charge in [0.2, 0.25) is 12.7 Å². The molecule has 0 spiro atoms. The van der Waals surface area contributed by atoms with Crippen molar-refractivity contribution in [1.82, 2.24) is 19.6 Å². The van der Waals surface area contributed by atoms with E-state index in [1.165, 1.54) is 0 Å². The summed E-state index contributed by atoms with van der Waals surface area (Å²) in [6.45, 7) is 9.88. The standard InChI is InChI=1S/C26H34N4O3/c1-4-29(5-2)13-8-9-19(3)28-26(31)16-21(20-11-12-23-24(15-20)33-18-32-23)22-17-27-25-10-6-7-14-30(22)25/h6-7,10-12,14-15,17,19,21H,4-5,8-9,13,16,18H2,1-3H3,(H,28,31). The Hall–Kier alpha value is -3.06. The summed E-state index contributed by atoms with van der Waals surface area (Å²) >= 11 is 0. The van der Waals surface area contributed by atoms with Gasteiger partial charge in [-0.15, -0.1) is 0 Å². The first-order valence-corrected chi connectivity index (χ1v) is 11.9. The smallest absolute Gasteiger partial charge is 0.231 e. The first-order chi connectivity index (χ1) is 16.1. The zero-order chi connectivity index (χ0) is 23.2. The maximum Gasteiger partial charge on any atom is 0.231 e. The zero-order valence-electron chi connectivity index (χ0n) is 19.8. The second-order valence-corrected chi connectivity index (χ2v) is 8.62. The number of benzene rings is 1. The van der Waals surface area contributed by atoms with Crippen LogP contribution >= 0.6 is 0 Å². The van der Waals surface area contributed by atoms with E-state index < -0.39 is 0 Å². The van der Waals surface area contributed by atoms with Crippen molar-refractivity contribution in [1.29, 1.82) is 0 Å². The van der Waals surface area contributed by atoms with Gasteiger partial charge in [0.15, 0.2) is 11.5 Å². The van der Waals surface area contributed by atoms with Gasteiger partial charge in [0.1, 0.15) is 5.65 Å². The molecule has 0 saturated carbocycles. The summed E-state index contributed by atoms with van der Waals surface area (Å²) in [6, 6.07) is 12.0. The van der Waals surface area contributed by atoms with E-state index >= 15 is 0 Å². The Morgan fingerprint density at radius 2 is 2.00 bits per heavy atom. The Morgan fingerprint density at radius 1 is 1.18 bits per heavy atom. The van der Waals surface area contributed by atoms with Gasteiger partial charge in [-0.05, 0) is 69.2 Å². The van der Waals surface area contributed by atoms with Crippen LogP contribution < -0.4 is 14.8 Å². The Bertz CT molecular complexity index is 1080. The van der Waals surface area contributed by atoms with Gasteiger partial charge in [0.05, 0.1) is 5.69 Å². The maximum absolute atomic E-state index is 13.1. The van der Waals surface area contributed by atoms with E-state index in [1.54, 1.807) is 0 Å². The molecule has 0 radical (unpaired) electrons. The van der Waals surface area contributed by atoms with Crippen LogP contribution in [0.25, 0.3) is 5.65 Å². The lowest BCUT2D eigenvalue weighted by atomic mass is 9.91. The van der Waals surface area contributed by atoms with E-state index in [2.05, 4.69) is 40.4 Å². The molecule has 1 N–H and O–H groups in total. The second-order valence-electron chi connectivity index (χ2n) is 8.62. The number of pyridine rings is 1. The molecule has 0 bridgehead atoms. The molecule has 7 heteroatoms. The van der Waals surface area contributed by atoms with Crippen LogP contribution in [0.4, 0.5) is 0 Å². The van der Waals surface area contributed by atoms with Crippen LogP contribution in [-0.4, -0.2) is 52.7 Å². The highest BCUT2D eigenvalue weighted by Gasteiger charge is 2.25. The van der Waals surface area contributed by atoms with Crippen molar-refractivity contribution in [3.8, 4) is 11.5 Å². The summed E-state index contributed by atoms with van der Waals surface area (Å²) in [5, 5.41) is 3.21. The van der Waals surface area contributed by atoms with E-state index in [0.717, 1.165) is 60.9 Å². The predicted molar refractivity (Wildman–Crippen MR) is 129 cm³/mol. The van der Waals surface area contributed by atoms with Gasteiger partial charge in [0.25, 0.3) is 0 Å². The van der Waals surface area contributed by atoms with Gasteiger partial charge in [0, 0.05) is 30.8 Å². The number of hydrogen-bond donors (Lipinski definition) is 1. The lowest BCUT2D eigenvalue weighted by Gasteiger charge is -2.21. The number of nitrogens with zero attached hydrogens (tertiary/aromatic N) is 3. The quantitative estimate of drug-likeness (QED) is 0.474. The minimum atomic E-state index is -0.153. The number of carbonyl (C=O) groups is 1. The van der Waals surface area contributed by atoms with E-state index in [9.17, 15) is 4.79 Å². The van der Waals surface area contributed by atoms with Gasteiger partial charge in [-0.1, -0.05) is 26.0 Å². The van der Waals surface area contributed by atoms with Crippen LogP contribution in [0.1, 0.15) is 57.2 Å². The molecule has 3 aromatic rings. The minimum Gasteiger partial charge on any atom is -0.454 e. The number of ether oxygens (including phenoxy) is 2. The van der Waals surface area contributed by atoms with Crippen molar-refractivity contribution in [2.24, 2.45) is 0 Å². The van der Waals surface area contributed by atoms with Crippen LogP contribution in [0.5, 0.6) is 11.5 Å². The molecule has 2 unspecified atom stereocenters. The summed E-state index contributed by atoms with van der Waals surface area (Å²) in [7, 11) is 0. The van der Waals surface area contributed by atoms with Crippen LogP contribution in [0, 0.1) is 0 Å². The van der Waals surface area contributed by atoms with Crippen molar-refractivity contribution in [3.05, 3.63) is 60.0 Å². The number of nitrogens with one attached hydrogen (secondary N) is 1. The Balaban J connectivity index is 1.49. The van der Waals surface area contributed by atoms with E-state index in [1.807, 2.05) is 48.8 Å². The van der Waals surface area contributed by atoms with E-state index in [0.29, 0.717) is 6.42 Å². The predicted octanol–water partition coefficient (Wildman–Crippen LogP) is 4.21. The molecule has 2 aromatic heterocycles. The highest BCUT2D eigenvalue weighted by Crippen LogP contribution is 2.37. The summed E-state index contributed by atoms with van der Waals surface area (Å²) in [5.74, 6) is 1.34. The summed E-state index contributed by atoms with van der Waals surface area (Å²) in [5.41, 5.74) is 2.85. The monoisotopic (exact) mass is 450 g/mol. The number of carbonyl (C=O) groups excluding carboxylic acids is 1. The number of imidazole rings is 1. The molecule has 7 nitrogen and oxygen atoms in total. The first-order valence-electron chi connectivity index (χ1n) is 11.9. The van der Waals surface area contributed by atoms with Crippen molar-refractivity contribution in [3.63, 3.8) is 0 Å². The normalized spacial score (nSPS) is 14.5. The molecule has 1 aromatic carbocycles. The molecule has 2 atom stereocenters. The Morgan fingerprint density at radius 3 is 2.82 bits per heavy atom. The molecular weight excluding hydrogens is 416 g/mol. The van der Waals surface area contributed by atoms with Crippen molar-refractivity contribution in [2.75, 3.05) is 26.4 Å². The van der Waals surface area contributed by atoms with Crippen LogP contribution in [-0.2, 0) is 4.79 Å². The molecule has 1 aliphatic heterocycles. The lowest BCUT2D eigenvalue weighted by Crippen LogP contribution is -2.34. The second kappa shape index (κ2) is 10.7. The highest BCUT2D eigenvalue weighted by atomic mass is 16.7. The summed E-state index contributed by atoms with van der Waals surface area (Å²) in [4.78, 5) is 20.1. The van der Waals surface area contributed by atoms with Gasteiger partial charge < -0.3 is 24.1 Å². The fourth-order valence-electron chi connectivity index (χ4n) is 4.49. The molecule has 0 fully saturated rings. The third kappa shape index (κ3) is 5.47. The number of hydrogen-bond acceptors (Lipinski definition) is 5. The average Bonchev–Trinajstić information content (AvgIpc) is 3.47. The Kier molecular flexibility index (Phi) is 7.50. The number of rotatable bonds is 11. The van der Waals surface area contributed by atoms with Gasteiger partial charge >= 0.3 is 0 Å². The van der Waals surface area contributed by atoms with Gasteiger partial charge in [-0.3, -0.25) is 4.79 Å². The van der Waals surface area contributed by atoms with Crippen molar-refractivity contribution < 1.29 is 14.3 Å². The van der Waals surface area contributed by atoms with Gasteiger partial charge in [-0.2, -0.15) is 0 Å². The van der Waals surface area contributed by atoms with E-state index in [-0.39, 0.29) is 24.7 Å². The summed E-state index contributed by atoms with van der Waals surface area (Å²) in [6.07, 6.45) is 6.23. The fraction of sp³-hybridized carbons (Fsp3) is 0.462. The Labute approximate surface area is 195 Å². The molecule has 4 rings (SSSR count). The third-order valence-corrected chi connectivity index (χ3v) is 6.40. The zero-order valence-corrected chi connectivity index (χ0v) is 19.8. The molecule has 33 heavy (non-hydrogen) atoms. The molecule has 1 amide bonds. The molecule has 0 saturated heterocycles. The van der Waals surface area contributed by atoms with Crippen LogP contribution in [0.3, 0.4) is 0 Å². The largest absolute Gasteiger partial charge is 0.454 e. The van der Waals surface area contributed by atoms with E-state index in [4.69, 9.17) is 9.47 Å². The highest BCUT2D eigenvalue weighted by molar-refractivity contribution is 5.78. The third-order valence-electron chi connectivity index (χ3n) is 6.40. The van der Waals surface area contributed by atoms with Crippen LogP contribution in [0.15, 0.2) is 48.8 Å².